The van der Waals surface area contributed by atoms with Gasteiger partial charge in [0.25, 0.3) is 15.7 Å². The van der Waals surface area contributed by atoms with Gasteiger partial charge in [0.1, 0.15) is 11.4 Å². The first kappa shape index (κ1) is 21.5. The molecule has 0 saturated carbocycles. The van der Waals surface area contributed by atoms with Crippen LogP contribution in [-0.2, 0) is 14.8 Å². The van der Waals surface area contributed by atoms with Crippen LogP contribution >= 0.6 is 11.6 Å². The highest BCUT2D eigenvalue weighted by Gasteiger charge is 2.29. The first-order chi connectivity index (χ1) is 13.2. The summed E-state index contributed by atoms with van der Waals surface area (Å²) in [6.45, 7) is -0.214. The Bertz CT molecular complexity index is 978. The second kappa shape index (κ2) is 8.89. The van der Waals surface area contributed by atoms with Crippen molar-refractivity contribution in [2.45, 2.75) is 17.7 Å². The minimum Gasteiger partial charge on any atom is -0.495 e. The summed E-state index contributed by atoms with van der Waals surface area (Å²) in [7, 11) is -2.86. The van der Waals surface area contributed by atoms with Gasteiger partial charge in [0.2, 0.25) is 0 Å². The number of rotatable bonds is 9. The summed E-state index contributed by atoms with van der Waals surface area (Å²) in [6, 6.07) is 8.94. The lowest BCUT2D eigenvalue weighted by Crippen LogP contribution is -2.32. The van der Waals surface area contributed by atoms with Crippen LogP contribution in [0.25, 0.3) is 0 Å². The Balaban J connectivity index is 2.59. The van der Waals surface area contributed by atoms with Crippen molar-refractivity contribution >= 4 is 39.0 Å². The zero-order valence-electron chi connectivity index (χ0n) is 14.7. The molecule has 2 aromatic carbocycles. The number of nitro groups is 1. The third-order valence-corrected chi connectivity index (χ3v) is 5.87. The third-order valence-electron chi connectivity index (χ3n) is 3.80. The Morgan fingerprint density at radius 1 is 1.25 bits per heavy atom. The van der Waals surface area contributed by atoms with Gasteiger partial charge in [-0.05, 0) is 36.8 Å². The number of sulfonamides is 1. The van der Waals surface area contributed by atoms with Crippen molar-refractivity contribution in [3.05, 3.63) is 57.6 Å². The first-order valence-electron chi connectivity index (χ1n) is 7.99. The number of hydrogen-bond acceptors (Lipinski definition) is 6. The average molecular weight is 429 g/mol. The van der Waals surface area contributed by atoms with E-state index in [1.165, 1.54) is 43.5 Å². The summed E-state index contributed by atoms with van der Waals surface area (Å²) in [4.78, 5) is 21.2. The predicted octanol–water partition coefficient (Wildman–Crippen LogP) is 3.32. The van der Waals surface area contributed by atoms with Gasteiger partial charge in [-0.15, -0.1) is 0 Å². The number of benzene rings is 2. The van der Waals surface area contributed by atoms with E-state index in [9.17, 15) is 23.3 Å². The van der Waals surface area contributed by atoms with E-state index in [4.69, 9.17) is 21.4 Å². The molecule has 150 valence electrons. The number of methoxy groups -OCH3 is 1. The molecule has 0 atom stereocenters. The number of nitrogens with zero attached hydrogens (tertiary/aromatic N) is 2. The minimum absolute atomic E-state index is 0.00595. The van der Waals surface area contributed by atoms with Crippen molar-refractivity contribution in [3.63, 3.8) is 0 Å². The number of carbonyl (C=O) groups is 1. The van der Waals surface area contributed by atoms with Crippen molar-refractivity contribution in [1.82, 2.24) is 0 Å². The van der Waals surface area contributed by atoms with Crippen LogP contribution in [0.3, 0.4) is 0 Å². The molecule has 9 nitrogen and oxygen atoms in total. The lowest BCUT2D eigenvalue weighted by Gasteiger charge is -2.25. The molecule has 2 rings (SSSR count). The Hall–Kier alpha value is -2.85. The van der Waals surface area contributed by atoms with Crippen LogP contribution in [0.4, 0.5) is 11.4 Å². The molecule has 0 radical (unpaired) electrons. The molecule has 0 saturated heterocycles. The lowest BCUT2D eigenvalue weighted by atomic mass is 10.2. The van der Waals surface area contributed by atoms with Crippen molar-refractivity contribution in [3.8, 4) is 5.75 Å². The van der Waals surface area contributed by atoms with E-state index in [0.29, 0.717) is 5.02 Å². The SMILES string of the molecule is COc1ccc([N+](=O)[O-])cc1N(CCCC(=O)O)S(=O)(=O)c1ccc(Cl)cc1. The summed E-state index contributed by atoms with van der Waals surface area (Å²) in [5.74, 6) is -0.992. The lowest BCUT2D eigenvalue weighted by molar-refractivity contribution is -0.384. The van der Waals surface area contributed by atoms with Gasteiger partial charge in [-0.1, -0.05) is 11.6 Å². The highest BCUT2D eigenvalue weighted by atomic mass is 35.5. The molecule has 0 bridgehead atoms. The largest absolute Gasteiger partial charge is 0.495 e. The van der Waals surface area contributed by atoms with Gasteiger partial charge in [-0.3, -0.25) is 19.2 Å². The van der Waals surface area contributed by atoms with Crippen LogP contribution in [0.1, 0.15) is 12.8 Å². The van der Waals surface area contributed by atoms with Crippen LogP contribution in [0.2, 0.25) is 5.02 Å². The van der Waals surface area contributed by atoms with E-state index < -0.39 is 20.9 Å². The molecule has 1 N–H and O–H groups in total. The molecule has 28 heavy (non-hydrogen) atoms. The molecule has 11 heteroatoms. The summed E-state index contributed by atoms with van der Waals surface area (Å²) in [5, 5.41) is 20.3. The molecular formula is C17H17ClN2O7S. The van der Waals surface area contributed by atoms with E-state index in [2.05, 4.69) is 0 Å². The number of nitro benzene ring substituents is 1. The maximum Gasteiger partial charge on any atom is 0.303 e. The van der Waals surface area contributed by atoms with Crippen LogP contribution in [0, 0.1) is 10.1 Å². The molecule has 0 unspecified atom stereocenters. The van der Waals surface area contributed by atoms with E-state index in [0.717, 1.165) is 10.4 Å². The van der Waals surface area contributed by atoms with Crippen molar-refractivity contribution in [2.24, 2.45) is 0 Å². The quantitative estimate of drug-likeness (QED) is 0.479. The number of anilines is 1. The summed E-state index contributed by atoms with van der Waals surface area (Å²) < 4.78 is 32.4. The Labute approximate surface area is 166 Å². The normalized spacial score (nSPS) is 11.1. The highest BCUT2D eigenvalue weighted by molar-refractivity contribution is 7.92. The zero-order valence-corrected chi connectivity index (χ0v) is 16.3. The maximum absolute atomic E-state index is 13.2. The fraction of sp³-hybridized carbons (Fsp3) is 0.235. The summed E-state index contributed by atoms with van der Waals surface area (Å²) in [6.07, 6.45) is -0.280. The molecule has 2 aromatic rings. The molecule has 0 aliphatic rings. The molecule has 0 heterocycles. The van der Waals surface area contributed by atoms with Crippen LogP contribution in [-0.4, -0.2) is 38.1 Å². The maximum atomic E-state index is 13.2. The number of carboxylic acid groups (broad SMARTS) is 1. The van der Waals surface area contributed by atoms with Gasteiger partial charge in [-0.25, -0.2) is 8.42 Å². The van der Waals surface area contributed by atoms with Gasteiger partial charge >= 0.3 is 5.97 Å². The smallest absolute Gasteiger partial charge is 0.303 e. The van der Waals surface area contributed by atoms with Crippen molar-refractivity contribution in [1.29, 1.82) is 0 Å². The van der Waals surface area contributed by atoms with E-state index in [-0.39, 0.29) is 41.4 Å². The number of aliphatic carboxylic acids is 1. The van der Waals surface area contributed by atoms with Gasteiger partial charge in [0, 0.05) is 30.1 Å². The number of halogens is 1. The summed E-state index contributed by atoms with van der Waals surface area (Å²) in [5.41, 5.74) is -0.387. The predicted molar refractivity (Wildman–Crippen MR) is 103 cm³/mol. The Morgan fingerprint density at radius 2 is 1.89 bits per heavy atom. The minimum atomic E-state index is -4.16. The fourth-order valence-electron chi connectivity index (χ4n) is 2.46. The van der Waals surface area contributed by atoms with Gasteiger partial charge in [0.05, 0.1) is 16.9 Å². The number of ether oxygens (including phenoxy) is 1. The summed E-state index contributed by atoms with van der Waals surface area (Å²) >= 11 is 5.81. The molecule has 0 fully saturated rings. The second-order valence-electron chi connectivity index (χ2n) is 5.64. The van der Waals surface area contributed by atoms with E-state index >= 15 is 0 Å². The third kappa shape index (κ3) is 4.90. The standard InChI is InChI=1S/C17H17ClN2O7S/c1-27-16-9-6-13(20(23)24)11-15(16)19(10-2-3-17(21)22)28(25,26)14-7-4-12(18)5-8-14/h4-9,11H,2-3,10H2,1H3,(H,21,22). The highest BCUT2D eigenvalue weighted by Crippen LogP contribution is 2.36. The Kier molecular flexibility index (Phi) is 6.81. The van der Waals surface area contributed by atoms with Gasteiger partial charge in [-0.2, -0.15) is 0 Å². The zero-order chi connectivity index (χ0) is 20.9. The molecule has 0 aliphatic carbocycles. The molecular weight excluding hydrogens is 412 g/mol. The Morgan fingerprint density at radius 3 is 2.43 bits per heavy atom. The number of hydrogen-bond donors (Lipinski definition) is 1. The number of carboxylic acids is 1. The number of non-ortho nitro benzene ring substituents is 1. The van der Waals surface area contributed by atoms with Crippen LogP contribution < -0.4 is 9.04 Å². The monoisotopic (exact) mass is 428 g/mol. The van der Waals surface area contributed by atoms with Crippen molar-refractivity contribution in [2.75, 3.05) is 18.0 Å². The van der Waals surface area contributed by atoms with Crippen LogP contribution in [0.5, 0.6) is 5.75 Å². The topological polar surface area (TPSA) is 127 Å². The van der Waals surface area contributed by atoms with E-state index in [1.54, 1.807) is 0 Å². The molecule has 0 aliphatic heterocycles. The van der Waals surface area contributed by atoms with Crippen molar-refractivity contribution < 1.29 is 28.0 Å². The van der Waals surface area contributed by atoms with Gasteiger partial charge in [0.15, 0.2) is 0 Å². The molecule has 0 amide bonds. The van der Waals surface area contributed by atoms with E-state index in [1.807, 2.05) is 0 Å². The molecule has 0 spiro atoms. The fourth-order valence-corrected chi connectivity index (χ4v) is 4.10. The first-order valence-corrected chi connectivity index (χ1v) is 9.81. The van der Waals surface area contributed by atoms with Crippen LogP contribution in [0.15, 0.2) is 47.4 Å². The molecule has 0 aromatic heterocycles. The average Bonchev–Trinajstić information content (AvgIpc) is 2.64. The second-order valence-corrected chi connectivity index (χ2v) is 7.94. The van der Waals surface area contributed by atoms with Gasteiger partial charge < -0.3 is 9.84 Å².